The van der Waals surface area contributed by atoms with E-state index in [0.717, 1.165) is 49.2 Å². The van der Waals surface area contributed by atoms with E-state index in [4.69, 9.17) is 0 Å². The number of carbonyl (C=O) groups is 2. The van der Waals surface area contributed by atoms with E-state index in [1.54, 1.807) is 0 Å². The van der Waals surface area contributed by atoms with E-state index in [9.17, 15) is 9.59 Å². The molecule has 0 bridgehead atoms. The number of benzene rings is 1. The molecule has 120 valence electrons. The van der Waals surface area contributed by atoms with Crippen LogP contribution >= 0.6 is 0 Å². The Morgan fingerprint density at radius 3 is 2.82 bits per heavy atom. The monoisotopic (exact) mass is 302 g/mol. The first-order valence-corrected chi connectivity index (χ1v) is 8.22. The molecule has 0 radical (unpaired) electrons. The van der Waals surface area contributed by atoms with Crippen molar-refractivity contribution < 1.29 is 9.59 Å². The fraction of sp³-hybridized carbons (Fsp3) is 0.556. The lowest BCUT2D eigenvalue weighted by Gasteiger charge is -2.31. The van der Waals surface area contributed by atoms with Crippen LogP contribution < -0.4 is 10.2 Å². The van der Waals surface area contributed by atoms with Gasteiger partial charge in [0.2, 0.25) is 11.8 Å². The Morgan fingerprint density at radius 2 is 2.14 bits per heavy atom. The van der Waals surface area contributed by atoms with E-state index < -0.39 is 0 Å². The van der Waals surface area contributed by atoms with Crippen LogP contribution in [0.1, 0.15) is 52.0 Å². The molecule has 4 nitrogen and oxygen atoms in total. The zero-order valence-corrected chi connectivity index (χ0v) is 13.8. The molecule has 1 unspecified atom stereocenters. The van der Waals surface area contributed by atoms with Gasteiger partial charge in [-0.15, -0.1) is 0 Å². The fourth-order valence-electron chi connectivity index (χ4n) is 2.90. The van der Waals surface area contributed by atoms with Crippen molar-refractivity contribution in [3.05, 3.63) is 23.8 Å². The van der Waals surface area contributed by atoms with Gasteiger partial charge < -0.3 is 10.2 Å². The van der Waals surface area contributed by atoms with Crippen LogP contribution in [0.3, 0.4) is 0 Å². The second-order valence-corrected chi connectivity index (χ2v) is 6.19. The van der Waals surface area contributed by atoms with Crippen LogP contribution in [0.2, 0.25) is 0 Å². The van der Waals surface area contributed by atoms with Crippen LogP contribution in [0, 0.1) is 5.92 Å². The lowest BCUT2D eigenvalue weighted by atomic mass is 9.98. The fourth-order valence-corrected chi connectivity index (χ4v) is 2.90. The summed E-state index contributed by atoms with van der Waals surface area (Å²) in [6, 6.07) is 5.80. The average molecular weight is 302 g/mol. The summed E-state index contributed by atoms with van der Waals surface area (Å²) in [5, 5.41) is 2.87. The lowest BCUT2D eigenvalue weighted by Crippen LogP contribution is -2.35. The van der Waals surface area contributed by atoms with Gasteiger partial charge in [-0.1, -0.05) is 26.3 Å². The molecule has 2 rings (SSSR count). The van der Waals surface area contributed by atoms with E-state index in [2.05, 4.69) is 19.2 Å². The molecule has 2 amide bonds. The van der Waals surface area contributed by atoms with E-state index in [1.165, 1.54) is 6.92 Å². The number of amides is 2. The average Bonchev–Trinajstić information content (AvgIpc) is 2.51. The maximum atomic E-state index is 12.6. The number of carbonyl (C=O) groups excluding carboxylic acids is 2. The first kappa shape index (κ1) is 16.5. The number of hydrogen-bond donors (Lipinski definition) is 1. The van der Waals surface area contributed by atoms with Crippen LogP contribution in [-0.4, -0.2) is 18.4 Å². The molecular formula is C18H26N2O2. The van der Waals surface area contributed by atoms with Gasteiger partial charge in [0.05, 0.1) is 0 Å². The van der Waals surface area contributed by atoms with Gasteiger partial charge in [-0.25, -0.2) is 0 Å². The maximum absolute atomic E-state index is 12.6. The van der Waals surface area contributed by atoms with Gasteiger partial charge in [0.25, 0.3) is 0 Å². The maximum Gasteiger partial charge on any atom is 0.226 e. The summed E-state index contributed by atoms with van der Waals surface area (Å²) in [7, 11) is 0. The van der Waals surface area contributed by atoms with E-state index in [0.29, 0.717) is 12.3 Å². The second kappa shape index (κ2) is 7.43. The Labute approximate surface area is 132 Å². The molecule has 0 aromatic heterocycles. The van der Waals surface area contributed by atoms with Gasteiger partial charge in [-0.2, -0.15) is 0 Å². The van der Waals surface area contributed by atoms with Crippen molar-refractivity contribution in [1.82, 2.24) is 0 Å². The highest BCUT2D eigenvalue weighted by Crippen LogP contribution is 2.33. The quantitative estimate of drug-likeness (QED) is 0.900. The molecule has 0 fully saturated rings. The van der Waals surface area contributed by atoms with Crippen molar-refractivity contribution in [3.63, 3.8) is 0 Å². The van der Waals surface area contributed by atoms with E-state index in [-0.39, 0.29) is 11.8 Å². The molecule has 1 aromatic carbocycles. The minimum atomic E-state index is -0.0754. The Bertz CT molecular complexity index is 554. The summed E-state index contributed by atoms with van der Waals surface area (Å²) in [6.07, 6.45) is 4.49. The van der Waals surface area contributed by atoms with Gasteiger partial charge in [-0.3, -0.25) is 9.59 Å². The predicted molar refractivity (Wildman–Crippen MR) is 90.1 cm³/mol. The summed E-state index contributed by atoms with van der Waals surface area (Å²) in [5.41, 5.74) is 2.89. The summed E-state index contributed by atoms with van der Waals surface area (Å²) in [6.45, 7) is 6.63. The number of rotatable bonds is 5. The number of nitrogens with one attached hydrogen (secondary N) is 1. The molecule has 0 saturated carbocycles. The Balaban J connectivity index is 2.17. The van der Waals surface area contributed by atoms with Crippen molar-refractivity contribution in [2.75, 3.05) is 16.8 Å². The van der Waals surface area contributed by atoms with Gasteiger partial charge in [0.1, 0.15) is 0 Å². The molecular weight excluding hydrogens is 276 g/mol. The first-order valence-electron chi connectivity index (χ1n) is 8.22. The second-order valence-electron chi connectivity index (χ2n) is 6.19. The SMILES string of the molecule is CCC(C)CCC(=O)N1CCCc2c(NC(C)=O)cccc21. The summed E-state index contributed by atoms with van der Waals surface area (Å²) in [5.74, 6) is 0.703. The summed E-state index contributed by atoms with van der Waals surface area (Å²) >= 11 is 0. The van der Waals surface area contributed by atoms with Gasteiger partial charge >= 0.3 is 0 Å². The van der Waals surface area contributed by atoms with E-state index in [1.807, 2.05) is 23.1 Å². The third-order valence-corrected chi connectivity index (χ3v) is 4.41. The van der Waals surface area contributed by atoms with Crippen molar-refractivity contribution in [3.8, 4) is 0 Å². The molecule has 1 heterocycles. The third kappa shape index (κ3) is 3.87. The number of fused-ring (bicyclic) bond motifs is 1. The van der Waals surface area contributed by atoms with Crippen LogP contribution in [0.15, 0.2) is 18.2 Å². The topological polar surface area (TPSA) is 49.4 Å². The lowest BCUT2D eigenvalue weighted by molar-refractivity contribution is -0.119. The normalized spacial score (nSPS) is 15.1. The molecule has 0 spiro atoms. The standard InChI is InChI=1S/C18H26N2O2/c1-4-13(2)10-11-18(22)20-12-6-7-15-16(19-14(3)21)8-5-9-17(15)20/h5,8-9,13H,4,6-7,10-12H2,1-3H3,(H,19,21). The number of nitrogens with zero attached hydrogens (tertiary/aromatic N) is 1. The molecule has 1 N–H and O–H groups in total. The highest BCUT2D eigenvalue weighted by Gasteiger charge is 2.24. The van der Waals surface area contributed by atoms with Crippen LogP contribution in [0.5, 0.6) is 0 Å². The van der Waals surface area contributed by atoms with Crippen molar-refractivity contribution in [2.24, 2.45) is 5.92 Å². The van der Waals surface area contributed by atoms with Crippen molar-refractivity contribution in [2.45, 2.75) is 52.9 Å². The highest BCUT2D eigenvalue weighted by molar-refractivity contribution is 5.97. The largest absolute Gasteiger partial charge is 0.326 e. The van der Waals surface area contributed by atoms with Crippen molar-refractivity contribution >= 4 is 23.2 Å². The molecule has 0 saturated heterocycles. The molecule has 1 atom stereocenters. The molecule has 22 heavy (non-hydrogen) atoms. The van der Waals surface area contributed by atoms with Crippen LogP contribution in [-0.2, 0) is 16.0 Å². The minimum Gasteiger partial charge on any atom is -0.326 e. The number of hydrogen-bond acceptors (Lipinski definition) is 2. The number of anilines is 2. The van der Waals surface area contributed by atoms with Crippen LogP contribution in [0.25, 0.3) is 0 Å². The zero-order valence-electron chi connectivity index (χ0n) is 13.8. The molecule has 1 aliphatic heterocycles. The molecule has 4 heteroatoms. The minimum absolute atomic E-state index is 0.0754. The van der Waals surface area contributed by atoms with Gasteiger partial charge in [-0.05, 0) is 42.9 Å². The zero-order chi connectivity index (χ0) is 16.1. The molecule has 1 aliphatic rings. The van der Waals surface area contributed by atoms with E-state index >= 15 is 0 Å². The Kier molecular flexibility index (Phi) is 5.58. The summed E-state index contributed by atoms with van der Waals surface area (Å²) in [4.78, 5) is 25.8. The first-order chi connectivity index (χ1) is 10.5. The van der Waals surface area contributed by atoms with Crippen LogP contribution in [0.4, 0.5) is 11.4 Å². The summed E-state index contributed by atoms with van der Waals surface area (Å²) < 4.78 is 0. The van der Waals surface area contributed by atoms with Gasteiger partial charge in [0.15, 0.2) is 0 Å². The third-order valence-electron chi connectivity index (χ3n) is 4.41. The Hall–Kier alpha value is -1.84. The molecule has 1 aromatic rings. The van der Waals surface area contributed by atoms with Crippen molar-refractivity contribution in [1.29, 1.82) is 0 Å². The molecule has 0 aliphatic carbocycles. The highest BCUT2D eigenvalue weighted by atomic mass is 16.2. The van der Waals surface area contributed by atoms with Gasteiger partial charge in [0, 0.05) is 31.3 Å². The smallest absolute Gasteiger partial charge is 0.226 e. The predicted octanol–water partition coefficient (Wildman–Crippen LogP) is 3.75. The Morgan fingerprint density at radius 1 is 1.36 bits per heavy atom.